The average Bonchev–Trinajstić information content (AvgIpc) is 3.50. The Hall–Kier alpha value is -4.03. The second-order valence-corrected chi connectivity index (χ2v) is 8.58. The van der Waals surface area contributed by atoms with Crippen molar-refractivity contribution in [1.29, 1.82) is 0 Å². The Balaban J connectivity index is 1.42. The molecule has 35 heavy (non-hydrogen) atoms. The molecular weight excluding hydrogens is 465 g/mol. The largest absolute Gasteiger partial charge is 0.391 e. The number of hydrogen-bond donors (Lipinski definition) is 2. The van der Waals surface area contributed by atoms with E-state index in [0.29, 0.717) is 36.5 Å². The predicted octanol–water partition coefficient (Wildman–Crippen LogP) is 3.66. The molecule has 5 rings (SSSR count). The van der Waals surface area contributed by atoms with E-state index < -0.39 is 30.3 Å². The molecule has 2 atom stereocenters. The Kier molecular flexibility index (Phi) is 5.61. The Morgan fingerprint density at radius 3 is 2.86 bits per heavy atom. The average molecular weight is 486 g/mol. The fourth-order valence-corrected chi connectivity index (χ4v) is 4.29. The first kappa shape index (κ1) is 22.7. The summed E-state index contributed by atoms with van der Waals surface area (Å²) in [6.45, 7) is 2.25. The lowest BCUT2D eigenvalue weighted by atomic mass is 10.0. The fourth-order valence-electron chi connectivity index (χ4n) is 4.29. The van der Waals surface area contributed by atoms with Crippen LogP contribution in [0.3, 0.4) is 0 Å². The Bertz CT molecular complexity index is 1260. The van der Waals surface area contributed by atoms with E-state index in [0.717, 1.165) is 6.92 Å². The second-order valence-electron chi connectivity index (χ2n) is 8.58. The molecule has 5 heterocycles. The van der Waals surface area contributed by atoms with E-state index in [1.165, 1.54) is 23.4 Å². The molecule has 0 unspecified atom stereocenters. The van der Waals surface area contributed by atoms with Crippen molar-refractivity contribution in [2.24, 2.45) is 5.92 Å². The van der Waals surface area contributed by atoms with Gasteiger partial charge in [0, 0.05) is 31.3 Å². The van der Waals surface area contributed by atoms with E-state index in [4.69, 9.17) is 0 Å². The maximum atomic E-state index is 13.4. The molecule has 10 nitrogen and oxygen atoms in total. The molecule has 0 spiro atoms. The summed E-state index contributed by atoms with van der Waals surface area (Å²) < 4.78 is 38.8. The number of urea groups is 1. The zero-order valence-electron chi connectivity index (χ0n) is 18.6. The lowest BCUT2D eigenvalue weighted by Gasteiger charge is -2.35. The van der Waals surface area contributed by atoms with Gasteiger partial charge in [-0.25, -0.2) is 14.8 Å². The monoisotopic (exact) mass is 486 g/mol. The molecule has 0 aromatic carbocycles. The summed E-state index contributed by atoms with van der Waals surface area (Å²) in [7, 11) is 0. The number of fused-ring (bicyclic) bond motifs is 4. The lowest BCUT2D eigenvalue weighted by Crippen LogP contribution is -2.48. The van der Waals surface area contributed by atoms with Crippen LogP contribution < -0.4 is 15.1 Å². The van der Waals surface area contributed by atoms with Crippen LogP contribution in [0, 0.1) is 5.92 Å². The number of rotatable bonds is 5. The number of Topliss-reactive ketones (excluding diaryl/α,β-unsaturated/α-hetero) is 1. The second kappa shape index (κ2) is 8.64. The van der Waals surface area contributed by atoms with Crippen LogP contribution in [0.25, 0.3) is 11.3 Å². The van der Waals surface area contributed by atoms with Gasteiger partial charge in [-0.15, -0.1) is 0 Å². The van der Waals surface area contributed by atoms with E-state index in [-0.39, 0.29) is 23.4 Å². The molecule has 2 aliphatic rings. The molecular formula is C22H21F3N8O2. The van der Waals surface area contributed by atoms with Crippen molar-refractivity contribution in [2.75, 3.05) is 28.2 Å². The molecule has 0 saturated carbocycles. The van der Waals surface area contributed by atoms with Crippen LogP contribution in [0.5, 0.6) is 0 Å². The molecule has 182 valence electrons. The summed E-state index contributed by atoms with van der Waals surface area (Å²) in [5.41, 5.74) is 1.82. The quantitative estimate of drug-likeness (QED) is 0.528. The third kappa shape index (κ3) is 4.40. The minimum atomic E-state index is -4.48. The van der Waals surface area contributed by atoms with E-state index >= 15 is 0 Å². The molecule has 1 saturated heterocycles. The summed E-state index contributed by atoms with van der Waals surface area (Å²) in [6, 6.07) is 5.73. The Morgan fingerprint density at radius 1 is 1.29 bits per heavy atom. The van der Waals surface area contributed by atoms with Crippen LogP contribution in [0.4, 0.5) is 35.3 Å². The topological polar surface area (TPSA) is 120 Å². The van der Waals surface area contributed by atoms with Crippen LogP contribution >= 0.6 is 0 Å². The number of carbonyl (C=O) groups excluding carboxylic acids is 2. The predicted molar refractivity (Wildman–Crippen MR) is 120 cm³/mol. The highest BCUT2D eigenvalue weighted by Crippen LogP contribution is 2.39. The van der Waals surface area contributed by atoms with Gasteiger partial charge in [0.2, 0.25) is 0 Å². The number of anilines is 3. The Labute approximate surface area is 197 Å². The van der Waals surface area contributed by atoms with Crippen LogP contribution in [-0.4, -0.2) is 62.5 Å². The molecule has 2 bridgehead atoms. The van der Waals surface area contributed by atoms with Crippen molar-refractivity contribution in [3.8, 4) is 11.3 Å². The number of halogens is 3. The van der Waals surface area contributed by atoms with Gasteiger partial charge in [0.25, 0.3) is 0 Å². The van der Waals surface area contributed by atoms with Gasteiger partial charge in [0.1, 0.15) is 17.2 Å². The molecule has 2 N–H and O–H groups in total. The number of aromatic amines is 1. The number of nitrogens with one attached hydrogen (secondary N) is 2. The van der Waals surface area contributed by atoms with E-state index in [1.807, 2.05) is 4.90 Å². The molecule has 2 aliphatic heterocycles. The number of pyridine rings is 2. The number of aromatic nitrogens is 5. The summed E-state index contributed by atoms with van der Waals surface area (Å²) in [4.78, 5) is 38.0. The highest BCUT2D eigenvalue weighted by atomic mass is 19.4. The van der Waals surface area contributed by atoms with Crippen LogP contribution in [-0.2, 0) is 0 Å². The number of nitrogens with zero attached hydrogens (tertiary/aromatic N) is 6. The van der Waals surface area contributed by atoms with Gasteiger partial charge in [0.05, 0.1) is 23.8 Å². The molecule has 0 aliphatic carbocycles. The van der Waals surface area contributed by atoms with Gasteiger partial charge in [0.15, 0.2) is 11.6 Å². The van der Waals surface area contributed by atoms with Crippen molar-refractivity contribution in [3.63, 3.8) is 0 Å². The highest BCUT2D eigenvalue weighted by Gasteiger charge is 2.41. The first-order valence-corrected chi connectivity index (χ1v) is 11.0. The van der Waals surface area contributed by atoms with Crippen LogP contribution in [0.15, 0.2) is 36.7 Å². The van der Waals surface area contributed by atoms with Crippen molar-refractivity contribution in [1.82, 2.24) is 25.4 Å². The normalized spacial score (nSPS) is 17.8. The third-order valence-corrected chi connectivity index (χ3v) is 6.21. The number of hydrogen-bond acceptors (Lipinski definition) is 7. The molecule has 13 heteroatoms. The lowest BCUT2D eigenvalue weighted by molar-refractivity contribution is -0.168. The van der Waals surface area contributed by atoms with Crippen molar-refractivity contribution < 1.29 is 22.8 Å². The number of amides is 2. The number of alkyl halides is 3. The third-order valence-electron chi connectivity index (χ3n) is 6.21. The number of H-pyrrole nitrogens is 1. The first-order chi connectivity index (χ1) is 16.7. The molecule has 2 amide bonds. The van der Waals surface area contributed by atoms with Gasteiger partial charge in [-0.2, -0.15) is 28.6 Å². The van der Waals surface area contributed by atoms with Gasteiger partial charge < -0.3 is 4.90 Å². The summed E-state index contributed by atoms with van der Waals surface area (Å²) in [5.74, 6) is -2.00. The molecule has 1 fully saturated rings. The highest BCUT2D eigenvalue weighted by molar-refractivity contribution is 6.05. The summed E-state index contributed by atoms with van der Waals surface area (Å²) in [6.07, 6.45) is -1.44. The zero-order valence-corrected chi connectivity index (χ0v) is 18.6. The van der Waals surface area contributed by atoms with Crippen molar-refractivity contribution >= 4 is 29.1 Å². The van der Waals surface area contributed by atoms with Gasteiger partial charge in [-0.1, -0.05) is 6.92 Å². The molecule has 3 aromatic rings. The van der Waals surface area contributed by atoms with Crippen LogP contribution in [0.1, 0.15) is 30.3 Å². The van der Waals surface area contributed by atoms with Crippen molar-refractivity contribution in [3.05, 3.63) is 42.4 Å². The number of ketones is 1. The van der Waals surface area contributed by atoms with E-state index in [2.05, 4.69) is 30.7 Å². The smallest absolute Gasteiger partial charge is 0.366 e. The zero-order chi connectivity index (χ0) is 24.7. The maximum Gasteiger partial charge on any atom is 0.391 e. The Morgan fingerprint density at radius 2 is 2.11 bits per heavy atom. The standard InChI is InChI=1S/C22H21F3N8O2/c1-12(22(23,24)25)8-18(34)15-2-3-17-20(28-15)33(14-5-7-32(17)11-14)21(35)29-19-9-13(4-6-26-19)16-10-27-31-30-16/h2-4,6,9-10,12,14H,5,7-8,11H2,1H3,(H,26,29,35)(H,27,30,31)/t12-,14-/m0/s1. The first-order valence-electron chi connectivity index (χ1n) is 11.0. The SMILES string of the molecule is C[C@@H](CC(=O)c1ccc2c(n1)N(C(=O)Nc1cc(-c3cn[nH]n3)ccn1)[C@H]1CCN2C1)C(F)(F)F. The summed E-state index contributed by atoms with van der Waals surface area (Å²) in [5, 5.41) is 13.1. The fraction of sp³-hybridized carbons (Fsp3) is 0.364. The van der Waals surface area contributed by atoms with Gasteiger partial charge in [-0.3, -0.25) is 15.0 Å². The van der Waals surface area contributed by atoms with E-state index in [1.54, 1.807) is 18.2 Å². The van der Waals surface area contributed by atoms with E-state index in [9.17, 15) is 22.8 Å². The molecule has 0 radical (unpaired) electrons. The summed E-state index contributed by atoms with van der Waals surface area (Å²) >= 11 is 0. The minimum Gasteiger partial charge on any atom is -0.366 e. The van der Waals surface area contributed by atoms with Gasteiger partial charge in [-0.05, 0) is 30.7 Å². The maximum absolute atomic E-state index is 13.4. The van der Waals surface area contributed by atoms with Crippen molar-refractivity contribution in [2.45, 2.75) is 32.0 Å². The number of carbonyl (C=O) groups is 2. The molecule has 3 aromatic heterocycles. The van der Waals surface area contributed by atoms with Gasteiger partial charge >= 0.3 is 12.2 Å². The van der Waals surface area contributed by atoms with Crippen LogP contribution in [0.2, 0.25) is 0 Å². The minimum absolute atomic E-state index is 0.105.